The Morgan fingerprint density at radius 3 is 1.28 bits per heavy atom. The Labute approximate surface area is 255 Å². The molecule has 0 amide bonds. The minimum Gasteiger partial charge on any atom is -0.436 e. The molecule has 2 rings (SSSR count). The van der Waals surface area contributed by atoms with E-state index in [2.05, 4.69) is 0 Å². The minimum absolute atomic E-state index is 0.0878. The van der Waals surface area contributed by atoms with Crippen LogP contribution in [0.3, 0.4) is 0 Å². The summed E-state index contributed by atoms with van der Waals surface area (Å²) >= 11 is 0. The molecule has 15 heteroatoms. The van der Waals surface area contributed by atoms with Gasteiger partial charge in [-0.25, -0.2) is 0 Å². The van der Waals surface area contributed by atoms with Gasteiger partial charge >= 0.3 is 29.5 Å². The van der Waals surface area contributed by atoms with Crippen molar-refractivity contribution in [2.45, 2.75) is 88.4 Å². The average Bonchev–Trinajstić information content (AvgIpc) is 2.92. The summed E-state index contributed by atoms with van der Waals surface area (Å²) in [5.41, 5.74) is 0. The highest BCUT2D eigenvalue weighted by molar-refractivity contribution is 7.02. The number of halogens is 6. The molecule has 0 saturated carbocycles. The van der Waals surface area contributed by atoms with E-state index in [1.165, 1.54) is 0 Å². The van der Waals surface area contributed by atoms with Crippen LogP contribution in [0.4, 0.5) is 26.3 Å². The van der Waals surface area contributed by atoms with E-state index < -0.39 is 71.0 Å². The predicted octanol–water partition coefficient (Wildman–Crippen LogP) is 6.81. The van der Waals surface area contributed by atoms with Crippen LogP contribution in [0.5, 0.6) is 0 Å². The molecule has 0 aliphatic carbocycles. The van der Waals surface area contributed by atoms with E-state index in [9.17, 15) is 36.6 Å². The first-order valence-corrected chi connectivity index (χ1v) is 24.7. The van der Waals surface area contributed by atoms with Gasteiger partial charge in [0.1, 0.15) is 0 Å². The molecule has 43 heavy (non-hydrogen) atoms. The second-order valence-corrected chi connectivity index (χ2v) is 27.7. The Kier molecular flexibility index (Phi) is 13.9. The highest BCUT2D eigenvalue weighted by Gasteiger charge is 2.57. The fraction of sp³-hybridized carbons (Fsp3) is 0.571. The molecule has 2 aromatic rings. The largest absolute Gasteiger partial charge is 0.436 e. The van der Waals surface area contributed by atoms with Crippen LogP contribution in [-0.2, 0) is 12.3 Å². The zero-order chi connectivity index (χ0) is 32.4. The summed E-state index contributed by atoms with van der Waals surface area (Å²) in [6.45, 7) is 7.04. The molecule has 0 aliphatic heterocycles. The van der Waals surface area contributed by atoms with Gasteiger partial charge in [0.25, 0.3) is 0 Å². The molecule has 0 saturated heterocycles. The lowest BCUT2D eigenvalue weighted by Gasteiger charge is -2.47. The molecular formula is C28H44F6O5Si4. The van der Waals surface area contributed by atoms with E-state index in [0.717, 1.165) is 0 Å². The number of rotatable bonds is 18. The van der Waals surface area contributed by atoms with Crippen LogP contribution in [0, 0.1) is 0 Å². The lowest BCUT2D eigenvalue weighted by atomic mass is 10.4. The van der Waals surface area contributed by atoms with Crippen LogP contribution in [0.2, 0.25) is 50.4 Å². The molecule has 0 aliphatic rings. The molecule has 0 fully saturated rings. The summed E-state index contributed by atoms with van der Waals surface area (Å²) in [7, 11) is -14.1. The van der Waals surface area contributed by atoms with Gasteiger partial charge in [-0.2, -0.15) is 26.3 Å². The molecule has 0 heterocycles. The number of aliphatic hydroxyl groups excluding tert-OH is 2. The van der Waals surface area contributed by atoms with Gasteiger partial charge in [-0.05, 0) is 73.6 Å². The van der Waals surface area contributed by atoms with Gasteiger partial charge in [0.05, 0.1) is 0 Å². The number of aliphatic hydroxyl groups is 2. The molecule has 0 atom stereocenters. The van der Waals surface area contributed by atoms with Crippen LogP contribution >= 0.6 is 0 Å². The van der Waals surface area contributed by atoms with Gasteiger partial charge in [-0.15, -0.1) is 0 Å². The van der Waals surface area contributed by atoms with Crippen molar-refractivity contribution in [3.05, 3.63) is 60.7 Å². The van der Waals surface area contributed by atoms with E-state index in [4.69, 9.17) is 12.3 Å². The Bertz CT molecular complexity index is 1030. The Hall–Kier alpha value is -1.31. The fourth-order valence-corrected chi connectivity index (χ4v) is 24.9. The number of hydrogen-bond acceptors (Lipinski definition) is 5. The maximum atomic E-state index is 13.8. The van der Waals surface area contributed by atoms with Crippen LogP contribution in [0.25, 0.3) is 0 Å². The SMILES string of the molecule is C[Si](C)(CCCO)O[Si](CCC(F)(F)F)(CCC(F)(F)F)O[Si](O[Si](C)(C)CCCO)(c1ccccc1)c1ccccc1. The van der Waals surface area contributed by atoms with Gasteiger partial charge in [-0.3, -0.25) is 0 Å². The molecule has 244 valence electrons. The Morgan fingerprint density at radius 1 is 0.558 bits per heavy atom. The normalized spacial score (nSPS) is 13.9. The molecule has 2 aromatic carbocycles. The topological polar surface area (TPSA) is 68.2 Å². The summed E-state index contributed by atoms with van der Waals surface area (Å²) in [4.78, 5) is 0. The molecular weight excluding hydrogens is 643 g/mol. The van der Waals surface area contributed by atoms with Gasteiger partial charge in [0, 0.05) is 26.1 Å². The van der Waals surface area contributed by atoms with Crippen LogP contribution in [0.1, 0.15) is 25.7 Å². The monoisotopic (exact) mass is 686 g/mol. The lowest BCUT2D eigenvalue weighted by molar-refractivity contribution is -0.133. The zero-order valence-corrected chi connectivity index (χ0v) is 29.2. The third-order valence-corrected chi connectivity index (χ3v) is 24.0. The highest BCUT2D eigenvalue weighted by Crippen LogP contribution is 2.39. The van der Waals surface area contributed by atoms with E-state index in [1.54, 1.807) is 73.8 Å². The highest BCUT2D eigenvalue weighted by atomic mass is 28.5. The van der Waals surface area contributed by atoms with Crippen LogP contribution in [-0.4, -0.2) is 69.5 Å². The van der Waals surface area contributed by atoms with Crippen molar-refractivity contribution in [1.29, 1.82) is 0 Å². The summed E-state index contributed by atoms with van der Waals surface area (Å²) in [6, 6.07) is 16.9. The minimum atomic E-state index is -4.65. The van der Waals surface area contributed by atoms with E-state index >= 15 is 0 Å². The molecule has 0 radical (unpaired) electrons. The van der Waals surface area contributed by atoms with Crippen molar-refractivity contribution >= 4 is 44.1 Å². The molecule has 0 spiro atoms. The predicted molar refractivity (Wildman–Crippen MR) is 166 cm³/mol. The summed E-state index contributed by atoms with van der Waals surface area (Å²) in [6.07, 6.45) is -11.3. The second-order valence-electron chi connectivity index (χ2n) is 12.0. The second kappa shape index (κ2) is 15.8. The standard InChI is InChI=1S/C28H44F6O5Si4/c1-40(2,21-11-19-35)37-42(23-17-27(29,30)31,24-18-28(32,33)34)39-43(25-13-7-5-8-14-25,26-15-9-6-10-16-26)38-41(3,4)22-12-20-36/h5-10,13-16,35-36H,11-12,17-24H2,1-4H3. The van der Waals surface area contributed by atoms with Gasteiger partial charge in [0.2, 0.25) is 0 Å². The maximum absolute atomic E-state index is 13.8. The van der Waals surface area contributed by atoms with Crippen molar-refractivity contribution in [2.24, 2.45) is 0 Å². The smallest absolute Gasteiger partial charge is 0.389 e. The van der Waals surface area contributed by atoms with Gasteiger partial charge < -0.3 is 22.6 Å². The number of alkyl halides is 6. The van der Waals surface area contributed by atoms with Crippen LogP contribution < -0.4 is 10.4 Å². The first-order chi connectivity index (χ1) is 19.9. The summed E-state index contributed by atoms with van der Waals surface area (Å²) < 4.78 is 104. The average molecular weight is 687 g/mol. The molecule has 0 bridgehead atoms. The number of hydrogen-bond donors (Lipinski definition) is 2. The first-order valence-electron chi connectivity index (χ1n) is 14.4. The Morgan fingerprint density at radius 2 is 0.930 bits per heavy atom. The molecule has 0 unspecified atom stereocenters. The van der Waals surface area contributed by atoms with E-state index in [0.29, 0.717) is 35.3 Å². The third kappa shape index (κ3) is 12.9. The molecule has 2 N–H and O–H groups in total. The van der Waals surface area contributed by atoms with Crippen LogP contribution in [0.15, 0.2) is 60.7 Å². The third-order valence-electron chi connectivity index (χ3n) is 6.97. The number of benzene rings is 2. The van der Waals surface area contributed by atoms with Crippen molar-refractivity contribution < 1.29 is 48.9 Å². The summed E-state index contributed by atoms with van der Waals surface area (Å²) in [5.74, 6) is 0. The maximum Gasteiger partial charge on any atom is 0.389 e. The van der Waals surface area contributed by atoms with Crippen molar-refractivity contribution in [3.8, 4) is 0 Å². The zero-order valence-electron chi connectivity index (χ0n) is 25.2. The van der Waals surface area contributed by atoms with Gasteiger partial charge in [-0.1, -0.05) is 60.7 Å². The molecule has 0 aromatic heterocycles. The van der Waals surface area contributed by atoms with Crippen molar-refractivity contribution in [2.75, 3.05) is 13.2 Å². The quantitative estimate of drug-likeness (QED) is 0.133. The van der Waals surface area contributed by atoms with E-state index in [1.807, 2.05) is 13.1 Å². The molecule has 5 nitrogen and oxygen atoms in total. The van der Waals surface area contributed by atoms with Gasteiger partial charge in [0.15, 0.2) is 16.6 Å². The van der Waals surface area contributed by atoms with Crippen molar-refractivity contribution in [1.82, 2.24) is 0 Å². The van der Waals surface area contributed by atoms with Crippen molar-refractivity contribution in [3.63, 3.8) is 0 Å². The Balaban J connectivity index is 2.90. The lowest BCUT2D eigenvalue weighted by Crippen LogP contribution is -2.72. The van der Waals surface area contributed by atoms with E-state index in [-0.39, 0.29) is 13.2 Å². The summed E-state index contributed by atoms with van der Waals surface area (Å²) in [5, 5.41) is 20.1. The fourth-order valence-electron chi connectivity index (χ4n) is 5.02. The first kappa shape index (κ1) is 37.9.